The number of anilines is 2. The number of rotatable bonds is 10. The van der Waals surface area contributed by atoms with Gasteiger partial charge in [-0.2, -0.15) is 5.26 Å². The third kappa shape index (κ3) is 6.82. The van der Waals surface area contributed by atoms with E-state index in [4.69, 9.17) is 38.4 Å². The van der Waals surface area contributed by atoms with Crippen molar-refractivity contribution >= 4 is 47.6 Å². The summed E-state index contributed by atoms with van der Waals surface area (Å²) in [5.41, 5.74) is 9.37. The van der Waals surface area contributed by atoms with Gasteiger partial charge in [0.25, 0.3) is 0 Å². The Morgan fingerprint density at radius 1 is 1.24 bits per heavy atom. The molecular weight excluding hydrogens is 596 g/mol. The van der Waals surface area contributed by atoms with Gasteiger partial charge in [0.15, 0.2) is 11.5 Å². The second-order valence-electron chi connectivity index (χ2n) is 11.0. The van der Waals surface area contributed by atoms with Crippen LogP contribution in [0.25, 0.3) is 0 Å². The Kier molecular flexibility index (Phi) is 9.39. The molecule has 1 atom stereocenters. The molecule has 0 radical (unpaired) electrons. The highest BCUT2D eigenvalue weighted by atomic mass is 35.5. The summed E-state index contributed by atoms with van der Waals surface area (Å²) in [6, 6.07) is 7.42. The number of methoxy groups -OCH3 is 1. The lowest BCUT2D eigenvalue weighted by molar-refractivity contribution is 0.216. The average molecular weight is 631 g/mol. The minimum atomic E-state index is -2.19. The zero-order chi connectivity index (χ0) is 30.8. The molecule has 3 N–H and O–H groups in total. The summed E-state index contributed by atoms with van der Waals surface area (Å²) < 4.78 is 23.9. The van der Waals surface area contributed by atoms with E-state index in [1.165, 1.54) is 19.5 Å². The van der Waals surface area contributed by atoms with Crippen molar-refractivity contribution in [2.45, 2.75) is 25.5 Å². The largest absolute Gasteiger partial charge is 0.493 e. The lowest BCUT2D eigenvalue weighted by atomic mass is 9.92. The number of ether oxygens (including phenoxy) is 2. The number of nitrogens with one attached hydrogen (secondary N) is 1. The van der Waals surface area contributed by atoms with Gasteiger partial charge in [0, 0.05) is 73.5 Å². The number of aromatic nitrogens is 2. The quantitative estimate of drug-likeness (QED) is 0.167. The standard InChI is InChI=1S/C29H34Cl2N7O3P/c1-17(26-21(30)12-35-13-22(26)31)41-25-8-20(23(33)9-24(25)40-4)27(34-3)19-7-18(10-32)28(36-11-19)38-14-29(2,15-38)37-16-42(5,6)39/h7-9,11-13,17,37H,14-16,33H2,1-6H3/t17-/m1/s1. The average Bonchev–Trinajstić information content (AvgIpc) is 2.91. The maximum Gasteiger partial charge on any atom is 0.162 e. The van der Waals surface area contributed by atoms with Crippen LogP contribution in [0.3, 0.4) is 0 Å². The van der Waals surface area contributed by atoms with Gasteiger partial charge in [0.2, 0.25) is 0 Å². The Labute approximate surface area is 256 Å². The van der Waals surface area contributed by atoms with Crippen LogP contribution in [0.5, 0.6) is 11.5 Å². The summed E-state index contributed by atoms with van der Waals surface area (Å²) in [6.07, 6.45) is 4.61. The molecule has 0 bridgehead atoms. The van der Waals surface area contributed by atoms with Gasteiger partial charge in [-0.3, -0.25) is 9.98 Å². The summed E-state index contributed by atoms with van der Waals surface area (Å²) >= 11 is 12.7. The first-order valence-corrected chi connectivity index (χ1v) is 16.7. The summed E-state index contributed by atoms with van der Waals surface area (Å²) in [5, 5.41) is 14.2. The van der Waals surface area contributed by atoms with Gasteiger partial charge in [-0.25, -0.2) is 4.98 Å². The Morgan fingerprint density at radius 2 is 1.90 bits per heavy atom. The van der Waals surface area contributed by atoms with Crippen molar-refractivity contribution in [3.63, 3.8) is 0 Å². The summed E-state index contributed by atoms with van der Waals surface area (Å²) in [7, 11) is 0.974. The third-order valence-corrected chi connectivity index (χ3v) is 8.46. The van der Waals surface area contributed by atoms with Crippen LogP contribution < -0.4 is 25.4 Å². The number of pyridine rings is 2. The molecule has 13 heteroatoms. The highest BCUT2D eigenvalue weighted by molar-refractivity contribution is 7.62. The highest BCUT2D eigenvalue weighted by Crippen LogP contribution is 2.40. The van der Waals surface area contributed by atoms with E-state index >= 15 is 0 Å². The van der Waals surface area contributed by atoms with E-state index in [9.17, 15) is 9.83 Å². The minimum absolute atomic E-state index is 0.208. The number of nitrogens with zero attached hydrogens (tertiary/aromatic N) is 5. The maximum atomic E-state index is 12.1. The van der Waals surface area contributed by atoms with Gasteiger partial charge in [-0.05, 0) is 39.3 Å². The van der Waals surface area contributed by atoms with Crippen LogP contribution in [0, 0.1) is 11.3 Å². The number of benzene rings is 1. The molecular formula is C29H34Cl2N7O3P. The van der Waals surface area contributed by atoms with Crippen LogP contribution in [-0.4, -0.2) is 68.1 Å². The van der Waals surface area contributed by atoms with E-state index in [0.717, 1.165) is 0 Å². The van der Waals surface area contributed by atoms with Gasteiger partial charge in [0.05, 0.1) is 41.1 Å². The second-order valence-corrected chi connectivity index (χ2v) is 15.3. The van der Waals surface area contributed by atoms with Crippen molar-refractivity contribution in [3.8, 4) is 17.6 Å². The molecule has 0 saturated carbocycles. The van der Waals surface area contributed by atoms with Gasteiger partial charge in [-0.15, -0.1) is 0 Å². The fourth-order valence-electron chi connectivity index (χ4n) is 4.86. The molecule has 10 nitrogen and oxygen atoms in total. The van der Waals surface area contributed by atoms with Crippen molar-refractivity contribution in [2.75, 3.05) is 57.5 Å². The fourth-order valence-corrected chi connectivity index (χ4v) is 6.29. The zero-order valence-corrected chi connectivity index (χ0v) is 26.8. The van der Waals surface area contributed by atoms with Gasteiger partial charge in [0.1, 0.15) is 18.0 Å². The predicted molar refractivity (Wildman–Crippen MR) is 169 cm³/mol. The van der Waals surface area contributed by atoms with E-state index in [2.05, 4.69) is 33.3 Å². The molecule has 0 aliphatic carbocycles. The highest BCUT2D eigenvalue weighted by Gasteiger charge is 2.40. The van der Waals surface area contributed by atoms with Crippen molar-refractivity contribution < 1.29 is 14.0 Å². The van der Waals surface area contributed by atoms with Gasteiger partial charge < -0.3 is 30.0 Å². The fraction of sp³-hybridized carbons (Fsp3) is 0.379. The van der Waals surface area contributed by atoms with Gasteiger partial charge in [-0.1, -0.05) is 23.2 Å². The van der Waals surface area contributed by atoms with Crippen LogP contribution in [0.2, 0.25) is 10.0 Å². The van der Waals surface area contributed by atoms with E-state index in [0.29, 0.717) is 80.4 Å². The topological polar surface area (TPSA) is 139 Å². The smallest absolute Gasteiger partial charge is 0.162 e. The molecule has 1 saturated heterocycles. The summed E-state index contributed by atoms with van der Waals surface area (Å²) in [5.74, 6) is 1.40. The molecule has 222 valence electrons. The molecule has 3 aromatic rings. The van der Waals surface area contributed by atoms with Crippen LogP contribution in [0.15, 0.2) is 41.8 Å². The molecule has 1 aliphatic rings. The predicted octanol–water partition coefficient (Wildman–Crippen LogP) is 5.60. The first kappa shape index (κ1) is 31.6. The number of nitrogens with two attached hydrogens (primary N) is 1. The number of halogens is 2. The molecule has 0 spiro atoms. The van der Waals surface area contributed by atoms with Crippen LogP contribution in [-0.2, 0) is 4.57 Å². The SMILES string of the molecule is CN=C(c1cnc(N2CC(C)(NCP(C)(C)=O)C2)c(C#N)c1)c1cc(O[C@H](C)c2c(Cl)cncc2Cl)c(OC)cc1N. The van der Waals surface area contributed by atoms with E-state index < -0.39 is 13.2 Å². The lowest BCUT2D eigenvalue weighted by Gasteiger charge is -2.49. The Bertz CT molecular complexity index is 1590. The Hall–Kier alpha value is -3.35. The maximum absolute atomic E-state index is 12.1. The van der Waals surface area contributed by atoms with Gasteiger partial charge >= 0.3 is 0 Å². The van der Waals surface area contributed by atoms with Crippen molar-refractivity contribution in [3.05, 3.63) is 69.1 Å². The second kappa shape index (κ2) is 12.5. The number of hydrogen-bond acceptors (Lipinski definition) is 10. The molecule has 4 rings (SSSR count). The van der Waals surface area contributed by atoms with Crippen molar-refractivity contribution in [2.24, 2.45) is 4.99 Å². The normalized spacial score (nSPS) is 15.5. The Balaban J connectivity index is 1.62. The van der Waals surface area contributed by atoms with Crippen LogP contribution >= 0.6 is 30.3 Å². The van der Waals surface area contributed by atoms with Crippen molar-refractivity contribution in [1.82, 2.24) is 15.3 Å². The van der Waals surface area contributed by atoms with E-state index in [-0.39, 0.29) is 5.54 Å². The molecule has 1 fully saturated rings. The van der Waals surface area contributed by atoms with Crippen LogP contribution in [0.1, 0.15) is 42.2 Å². The molecule has 0 amide bonds. The van der Waals surface area contributed by atoms with Crippen molar-refractivity contribution in [1.29, 1.82) is 5.26 Å². The third-order valence-electron chi connectivity index (χ3n) is 6.94. The minimum Gasteiger partial charge on any atom is -0.493 e. The monoisotopic (exact) mass is 629 g/mol. The van der Waals surface area contributed by atoms with E-state index in [1.54, 1.807) is 44.8 Å². The van der Waals surface area contributed by atoms with E-state index in [1.807, 2.05) is 11.8 Å². The molecule has 1 aromatic carbocycles. The summed E-state index contributed by atoms with van der Waals surface area (Å²) in [4.78, 5) is 15.2. The molecule has 42 heavy (non-hydrogen) atoms. The van der Waals surface area contributed by atoms with Crippen LogP contribution in [0.4, 0.5) is 11.5 Å². The molecule has 1 aliphatic heterocycles. The molecule has 3 heterocycles. The number of hydrogen-bond donors (Lipinski definition) is 2. The first-order valence-electron chi connectivity index (χ1n) is 13.1. The first-order chi connectivity index (χ1) is 19.8. The number of nitrogen functional groups attached to an aromatic ring is 1. The molecule has 2 aromatic heterocycles. The molecule has 0 unspecified atom stereocenters. The lowest BCUT2D eigenvalue weighted by Crippen LogP contribution is -2.68. The number of aliphatic imine (C=N–C) groups is 1. The number of nitriles is 1. The summed E-state index contributed by atoms with van der Waals surface area (Å²) in [6.45, 7) is 8.69. The Morgan fingerprint density at radius 3 is 2.48 bits per heavy atom. The zero-order valence-electron chi connectivity index (χ0n) is 24.4.